The molecule has 0 atom stereocenters. The Morgan fingerprint density at radius 1 is 1.00 bits per heavy atom. The summed E-state index contributed by atoms with van der Waals surface area (Å²) in [5, 5.41) is 14.7. The van der Waals surface area contributed by atoms with Crippen molar-refractivity contribution in [2.24, 2.45) is 5.10 Å². The molecule has 3 N–H and O–H groups in total. The van der Waals surface area contributed by atoms with Gasteiger partial charge in [-0.15, -0.1) is 0 Å². The van der Waals surface area contributed by atoms with E-state index in [-0.39, 0.29) is 17.8 Å². The first kappa shape index (κ1) is 24.8. The summed E-state index contributed by atoms with van der Waals surface area (Å²) in [6.07, 6.45) is 1.48. The van der Waals surface area contributed by atoms with Crippen LogP contribution in [0.2, 0.25) is 0 Å². The minimum Gasteiger partial charge on any atom is -0.496 e. The second-order valence-electron chi connectivity index (χ2n) is 6.52. The molecule has 3 aromatic carbocycles. The van der Waals surface area contributed by atoms with Gasteiger partial charge in [0.2, 0.25) is 0 Å². The van der Waals surface area contributed by atoms with Gasteiger partial charge in [-0.05, 0) is 53.6 Å². The highest BCUT2D eigenvalue weighted by atomic mass is 16.6. The van der Waals surface area contributed by atoms with Crippen LogP contribution in [0.15, 0.2) is 71.8 Å². The van der Waals surface area contributed by atoms with Crippen LogP contribution in [0.1, 0.15) is 21.5 Å². The van der Waals surface area contributed by atoms with Crippen molar-refractivity contribution < 1.29 is 29.4 Å². The molecule has 0 aromatic heterocycles. The summed E-state index contributed by atoms with van der Waals surface area (Å²) in [6, 6.07) is 18.2. The zero-order valence-electron chi connectivity index (χ0n) is 18.0. The van der Waals surface area contributed by atoms with Gasteiger partial charge in [-0.3, -0.25) is 14.9 Å². The number of hydrazone groups is 1. The van der Waals surface area contributed by atoms with E-state index in [9.17, 15) is 14.9 Å². The highest BCUT2D eigenvalue weighted by Crippen LogP contribution is 2.28. The molecule has 0 spiro atoms. The third-order valence-corrected chi connectivity index (χ3v) is 4.46. The zero-order chi connectivity index (χ0) is 22.9. The quantitative estimate of drug-likeness (QED) is 0.299. The third-order valence-electron chi connectivity index (χ3n) is 4.46. The van der Waals surface area contributed by atoms with Crippen molar-refractivity contribution in [3.63, 3.8) is 0 Å². The van der Waals surface area contributed by atoms with Gasteiger partial charge in [-0.2, -0.15) is 5.10 Å². The number of carbonyl (C=O) groups excluding carboxylic acids is 1. The van der Waals surface area contributed by atoms with Crippen LogP contribution >= 0.6 is 0 Å². The van der Waals surface area contributed by atoms with Gasteiger partial charge in [0.15, 0.2) is 11.5 Å². The highest BCUT2D eigenvalue weighted by Gasteiger charge is 2.11. The lowest BCUT2D eigenvalue weighted by Gasteiger charge is -2.11. The summed E-state index contributed by atoms with van der Waals surface area (Å²) in [6.45, 7) is 0.219. The fourth-order valence-corrected chi connectivity index (χ4v) is 2.82. The molecule has 1 amide bonds. The van der Waals surface area contributed by atoms with E-state index in [1.54, 1.807) is 54.6 Å². The van der Waals surface area contributed by atoms with E-state index < -0.39 is 10.8 Å². The van der Waals surface area contributed by atoms with Gasteiger partial charge < -0.3 is 19.7 Å². The molecule has 10 heteroatoms. The lowest BCUT2D eigenvalue weighted by molar-refractivity contribution is -0.384. The maximum absolute atomic E-state index is 12.3. The second-order valence-corrected chi connectivity index (χ2v) is 6.52. The van der Waals surface area contributed by atoms with Crippen LogP contribution in [0.4, 0.5) is 5.69 Å². The van der Waals surface area contributed by atoms with Gasteiger partial charge in [0, 0.05) is 12.1 Å². The molecule has 0 unspecified atom stereocenters. The maximum Gasteiger partial charge on any atom is 0.275 e. The number of nitrogens with zero attached hydrogens (tertiary/aromatic N) is 2. The van der Waals surface area contributed by atoms with Crippen molar-refractivity contribution in [2.75, 3.05) is 14.2 Å². The lowest BCUT2D eigenvalue weighted by atomic mass is 10.2. The molecular formula is C23H23N3O7. The molecule has 3 rings (SSSR count). The number of para-hydroxylation sites is 1. The van der Waals surface area contributed by atoms with Crippen LogP contribution in [0.5, 0.6) is 17.2 Å². The van der Waals surface area contributed by atoms with Crippen LogP contribution < -0.4 is 19.6 Å². The van der Waals surface area contributed by atoms with E-state index >= 15 is 0 Å². The number of rotatable bonds is 9. The summed E-state index contributed by atoms with van der Waals surface area (Å²) >= 11 is 0. The molecule has 33 heavy (non-hydrogen) atoms. The van der Waals surface area contributed by atoms with Crippen LogP contribution in [-0.2, 0) is 6.61 Å². The molecule has 0 heterocycles. The summed E-state index contributed by atoms with van der Waals surface area (Å²) in [4.78, 5) is 22.6. The molecule has 0 fully saturated rings. The van der Waals surface area contributed by atoms with Gasteiger partial charge in [0.25, 0.3) is 11.6 Å². The molecule has 0 saturated heterocycles. The third kappa shape index (κ3) is 6.52. The van der Waals surface area contributed by atoms with Crippen LogP contribution in [-0.4, -0.2) is 36.7 Å². The largest absolute Gasteiger partial charge is 0.496 e. The molecule has 10 nitrogen and oxygen atoms in total. The molecule has 0 aliphatic rings. The fraction of sp³-hybridized carbons (Fsp3) is 0.130. The van der Waals surface area contributed by atoms with Gasteiger partial charge in [0.05, 0.1) is 30.9 Å². The Bertz CT molecular complexity index is 1130. The normalized spacial score (nSPS) is 10.2. The number of amides is 1. The number of hydrogen-bond donors (Lipinski definition) is 1. The minimum atomic E-state index is -0.452. The molecule has 0 aliphatic carbocycles. The number of hydrogen-bond acceptors (Lipinski definition) is 7. The lowest BCUT2D eigenvalue weighted by Crippen LogP contribution is -2.18. The Labute approximate surface area is 189 Å². The molecule has 0 bridgehead atoms. The molecular weight excluding hydrogens is 430 g/mol. The number of ether oxygens (including phenoxy) is 3. The van der Waals surface area contributed by atoms with E-state index in [0.29, 0.717) is 28.4 Å². The Kier molecular flexibility index (Phi) is 8.89. The standard InChI is InChI=1S/C23H21N3O6.H2O/c1-30-20-6-4-3-5-19(20)23(27)25-24-14-17-9-12-21(22(13-17)31-2)32-15-16-7-10-18(11-8-16)26(28)29;/h3-14H,15H2,1-2H3,(H,25,27);1H2/b24-14+;. The fourth-order valence-electron chi connectivity index (χ4n) is 2.82. The molecule has 0 saturated carbocycles. The van der Waals surface area contributed by atoms with Crippen molar-refractivity contribution >= 4 is 17.8 Å². The summed E-state index contributed by atoms with van der Waals surface area (Å²) in [5.41, 5.74) is 4.32. The highest BCUT2D eigenvalue weighted by molar-refractivity contribution is 5.97. The van der Waals surface area contributed by atoms with E-state index in [1.165, 1.54) is 32.6 Å². The van der Waals surface area contributed by atoms with E-state index in [4.69, 9.17) is 14.2 Å². The Hall–Kier alpha value is -4.44. The summed E-state index contributed by atoms with van der Waals surface area (Å²) < 4.78 is 16.3. The van der Waals surface area contributed by atoms with Gasteiger partial charge >= 0.3 is 0 Å². The molecule has 0 radical (unpaired) electrons. The first-order valence-corrected chi connectivity index (χ1v) is 9.52. The maximum atomic E-state index is 12.3. The van der Waals surface area contributed by atoms with E-state index in [1.807, 2.05) is 0 Å². The van der Waals surface area contributed by atoms with Crippen molar-refractivity contribution in [1.29, 1.82) is 0 Å². The predicted octanol–water partition coefficient (Wildman–Crippen LogP) is 3.13. The average Bonchev–Trinajstić information content (AvgIpc) is 2.83. The smallest absolute Gasteiger partial charge is 0.275 e. The van der Waals surface area contributed by atoms with Crippen LogP contribution in [0.25, 0.3) is 0 Å². The number of methoxy groups -OCH3 is 2. The summed E-state index contributed by atoms with van der Waals surface area (Å²) in [5.74, 6) is 1.04. The Morgan fingerprint density at radius 2 is 1.70 bits per heavy atom. The van der Waals surface area contributed by atoms with E-state index in [2.05, 4.69) is 10.5 Å². The molecule has 172 valence electrons. The molecule has 0 aliphatic heterocycles. The predicted molar refractivity (Wildman–Crippen MR) is 122 cm³/mol. The number of nitro benzene ring substituents is 1. The molecule has 3 aromatic rings. The average molecular weight is 453 g/mol. The van der Waals surface area contributed by atoms with Gasteiger partial charge in [0.1, 0.15) is 12.4 Å². The Balaban J connectivity index is 0.00000385. The Morgan fingerprint density at radius 3 is 2.36 bits per heavy atom. The van der Waals surface area contributed by atoms with Crippen molar-refractivity contribution in [1.82, 2.24) is 5.43 Å². The first-order chi connectivity index (χ1) is 15.5. The van der Waals surface area contributed by atoms with Gasteiger partial charge in [-0.1, -0.05) is 12.1 Å². The van der Waals surface area contributed by atoms with Crippen LogP contribution in [0.3, 0.4) is 0 Å². The number of nitro groups is 1. The van der Waals surface area contributed by atoms with E-state index in [0.717, 1.165) is 5.56 Å². The minimum absolute atomic E-state index is 0. The van der Waals surface area contributed by atoms with Crippen molar-refractivity contribution in [3.8, 4) is 17.2 Å². The van der Waals surface area contributed by atoms with Crippen molar-refractivity contribution in [2.45, 2.75) is 6.61 Å². The monoisotopic (exact) mass is 453 g/mol. The first-order valence-electron chi connectivity index (χ1n) is 9.52. The number of non-ortho nitro benzene ring substituents is 1. The van der Waals surface area contributed by atoms with Crippen molar-refractivity contribution in [3.05, 3.63) is 93.5 Å². The summed E-state index contributed by atoms with van der Waals surface area (Å²) in [7, 11) is 3.01. The SMILES string of the molecule is COc1cc(/C=N/NC(=O)c2ccccc2OC)ccc1OCc1ccc([N+](=O)[O-])cc1.O. The topological polar surface area (TPSA) is 144 Å². The number of carbonyl (C=O) groups is 1. The van der Waals surface area contributed by atoms with Gasteiger partial charge in [-0.25, -0.2) is 5.43 Å². The number of nitrogens with one attached hydrogen (secondary N) is 1. The number of benzene rings is 3. The second kappa shape index (κ2) is 11.8. The van der Waals surface area contributed by atoms with Crippen LogP contribution in [0, 0.1) is 10.1 Å². The zero-order valence-corrected chi connectivity index (χ0v) is 18.0.